The van der Waals surface area contributed by atoms with Gasteiger partial charge in [-0.25, -0.2) is 0 Å². The van der Waals surface area contributed by atoms with Crippen LogP contribution in [0.15, 0.2) is 4.99 Å². The number of nitrogens with one attached hydrogen (secondary N) is 1. The summed E-state index contributed by atoms with van der Waals surface area (Å²) in [5.41, 5.74) is 0. The quantitative estimate of drug-likeness (QED) is 0.619. The summed E-state index contributed by atoms with van der Waals surface area (Å²) < 4.78 is 5.42. The van der Waals surface area contributed by atoms with Crippen molar-refractivity contribution in [2.45, 2.75) is 34.1 Å². The van der Waals surface area contributed by atoms with Crippen LogP contribution in [0.4, 0.5) is 0 Å². The van der Waals surface area contributed by atoms with Gasteiger partial charge >= 0.3 is 0 Å². The number of guanidine groups is 1. The molecule has 5 nitrogen and oxygen atoms in total. The Kier molecular flexibility index (Phi) is 7.63. The molecule has 0 aromatic rings. The predicted octanol–water partition coefficient (Wildman–Crippen LogP) is 1.90. The first-order valence-corrected chi connectivity index (χ1v) is 9.41. The van der Waals surface area contributed by atoms with Gasteiger partial charge in [-0.15, -0.1) is 0 Å². The van der Waals surface area contributed by atoms with Crippen LogP contribution >= 0.6 is 0 Å². The molecular weight excluding hydrogens is 288 g/mol. The van der Waals surface area contributed by atoms with E-state index in [2.05, 4.69) is 42.8 Å². The van der Waals surface area contributed by atoms with Crippen LogP contribution in [0.3, 0.4) is 0 Å². The first kappa shape index (κ1) is 18.5. The maximum atomic E-state index is 5.42. The second-order valence-electron chi connectivity index (χ2n) is 7.56. The topological polar surface area (TPSA) is 40.1 Å². The number of hydrogen-bond donors (Lipinski definition) is 1. The molecule has 2 rings (SSSR count). The number of piperidine rings is 1. The lowest BCUT2D eigenvalue weighted by Crippen LogP contribution is -2.48. The van der Waals surface area contributed by atoms with Gasteiger partial charge in [0, 0.05) is 45.8 Å². The molecule has 0 aromatic carbocycles. The molecule has 2 aliphatic heterocycles. The summed E-state index contributed by atoms with van der Waals surface area (Å²) >= 11 is 0. The van der Waals surface area contributed by atoms with Crippen LogP contribution < -0.4 is 5.32 Å². The van der Waals surface area contributed by atoms with Crippen molar-refractivity contribution >= 4 is 5.96 Å². The second-order valence-corrected chi connectivity index (χ2v) is 7.56. The highest BCUT2D eigenvalue weighted by molar-refractivity contribution is 5.80. The third-order valence-corrected chi connectivity index (χ3v) is 4.73. The van der Waals surface area contributed by atoms with E-state index in [9.17, 15) is 0 Å². The molecule has 5 heteroatoms. The van der Waals surface area contributed by atoms with Gasteiger partial charge in [0.1, 0.15) is 0 Å². The van der Waals surface area contributed by atoms with Crippen molar-refractivity contribution in [3.05, 3.63) is 0 Å². The summed E-state index contributed by atoms with van der Waals surface area (Å²) in [5.74, 6) is 3.21. The zero-order valence-electron chi connectivity index (χ0n) is 15.6. The maximum Gasteiger partial charge on any atom is 0.193 e. The predicted molar refractivity (Wildman–Crippen MR) is 96.9 cm³/mol. The zero-order chi connectivity index (χ0) is 16.7. The highest BCUT2D eigenvalue weighted by atomic mass is 16.5. The van der Waals surface area contributed by atoms with Crippen molar-refractivity contribution < 1.29 is 4.74 Å². The number of hydrogen-bond acceptors (Lipinski definition) is 3. The van der Waals surface area contributed by atoms with E-state index in [1.807, 2.05) is 0 Å². The number of rotatable bonds is 5. The van der Waals surface area contributed by atoms with Crippen LogP contribution in [-0.4, -0.2) is 74.8 Å². The molecule has 0 aromatic heterocycles. The van der Waals surface area contributed by atoms with E-state index >= 15 is 0 Å². The second kappa shape index (κ2) is 9.48. The Morgan fingerprint density at radius 3 is 2.48 bits per heavy atom. The molecule has 3 atom stereocenters. The van der Waals surface area contributed by atoms with Gasteiger partial charge < -0.3 is 15.0 Å². The molecule has 23 heavy (non-hydrogen) atoms. The molecule has 2 aliphatic rings. The molecule has 0 bridgehead atoms. The Bertz CT molecular complexity index is 358. The largest absolute Gasteiger partial charge is 0.379 e. The Morgan fingerprint density at radius 2 is 1.87 bits per heavy atom. The molecule has 1 N–H and O–H groups in total. The maximum absolute atomic E-state index is 5.42. The Morgan fingerprint density at radius 1 is 1.22 bits per heavy atom. The number of ether oxygens (including phenoxy) is 1. The average molecular weight is 325 g/mol. The van der Waals surface area contributed by atoms with Crippen molar-refractivity contribution in [3.63, 3.8) is 0 Å². The SMILES string of the molecule is CCNC(=NCC(C)CN1CCOCC1)N1CC(C)CC(C)C1. The van der Waals surface area contributed by atoms with E-state index in [1.165, 1.54) is 6.42 Å². The molecule has 2 saturated heterocycles. The lowest BCUT2D eigenvalue weighted by atomic mass is 9.92. The van der Waals surface area contributed by atoms with Gasteiger partial charge in [0.05, 0.1) is 13.2 Å². The van der Waals surface area contributed by atoms with Crippen molar-refractivity contribution in [3.8, 4) is 0 Å². The number of nitrogens with zero attached hydrogens (tertiary/aromatic N) is 3. The van der Waals surface area contributed by atoms with Crippen molar-refractivity contribution in [1.82, 2.24) is 15.1 Å². The first-order chi connectivity index (χ1) is 11.1. The third kappa shape index (κ3) is 6.30. The molecule has 134 valence electrons. The van der Waals surface area contributed by atoms with E-state index in [0.717, 1.165) is 76.8 Å². The Balaban J connectivity index is 1.86. The van der Waals surface area contributed by atoms with E-state index in [4.69, 9.17) is 9.73 Å². The highest BCUT2D eigenvalue weighted by Crippen LogP contribution is 2.21. The minimum Gasteiger partial charge on any atom is -0.379 e. The van der Waals surface area contributed by atoms with E-state index in [1.54, 1.807) is 0 Å². The lowest BCUT2D eigenvalue weighted by molar-refractivity contribution is 0.0323. The molecule has 0 radical (unpaired) electrons. The number of aliphatic imine (C=N–C) groups is 1. The molecule has 0 saturated carbocycles. The summed E-state index contributed by atoms with van der Waals surface area (Å²) in [6.45, 7) is 18.3. The van der Waals surface area contributed by atoms with Gasteiger partial charge in [-0.2, -0.15) is 0 Å². The van der Waals surface area contributed by atoms with Gasteiger partial charge in [0.2, 0.25) is 0 Å². The molecule has 2 heterocycles. The minimum absolute atomic E-state index is 0.585. The fraction of sp³-hybridized carbons (Fsp3) is 0.944. The minimum atomic E-state index is 0.585. The summed E-state index contributed by atoms with van der Waals surface area (Å²) in [6, 6.07) is 0. The fourth-order valence-corrected chi connectivity index (χ4v) is 3.79. The standard InChI is InChI=1S/C18H36N4O/c1-5-19-18(22-13-15(2)10-16(3)14-22)20-11-17(4)12-21-6-8-23-9-7-21/h15-17H,5-14H2,1-4H3,(H,19,20). The van der Waals surface area contributed by atoms with Crippen LogP contribution in [0.25, 0.3) is 0 Å². The van der Waals surface area contributed by atoms with E-state index < -0.39 is 0 Å². The van der Waals surface area contributed by atoms with Gasteiger partial charge in [-0.05, 0) is 31.1 Å². The summed E-state index contributed by atoms with van der Waals surface area (Å²) in [6.07, 6.45) is 1.34. The van der Waals surface area contributed by atoms with Gasteiger partial charge in [-0.1, -0.05) is 20.8 Å². The van der Waals surface area contributed by atoms with E-state index in [-0.39, 0.29) is 0 Å². The molecule has 3 unspecified atom stereocenters. The van der Waals surface area contributed by atoms with Gasteiger partial charge in [-0.3, -0.25) is 9.89 Å². The van der Waals surface area contributed by atoms with Crippen LogP contribution in [0.2, 0.25) is 0 Å². The Labute approximate surface area is 142 Å². The summed E-state index contributed by atoms with van der Waals surface area (Å²) in [4.78, 5) is 9.91. The number of morpholine rings is 1. The van der Waals surface area contributed by atoms with Gasteiger partial charge in [0.25, 0.3) is 0 Å². The first-order valence-electron chi connectivity index (χ1n) is 9.41. The monoisotopic (exact) mass is 324 g/mol. The van der Waals surface area contributed by atoms with Crippen molar-refractivity contribution in [2.75, 3.05) is 59.0 Å². The summed E-state index contributed by atoms with van der Waals surface area (Å²) in [5, 5.41) is 3.49. The molecule has 0 spiro atoms. The Hall–Kier alpha value is -0.810. The average Bonchev–Trinajstić information content (AvgIpc) is 2.51. The van der Waals surface area contributed by atoms with Crippen molar-refractivity contribution in [2.24, 2.45) is 22.7 Å². The highest BCUT2D eigenvalue weighted by Gasteiger charge is 2.24. The van der Waals surface area contributed by atoms with Crippen LogP contribution in [-0.2, 0) is 4.74 Å². The van der Waals surface area contributed by atoms with Crippen LogP contribution in [0.1, 0.15) is 34.1 Å². The third-order valence-electron chi connectivity index (χ3n) is 4.73. The smallest absolute Gasteiger partial charge is 0.193 e. The molecule has 2 fully saturated rings. The van der Waals surface area contributed by atoms with Crippen LogP contribution in [0, 0.1) is 17.8 Å². The summed E-state index contributed by atoms with van der Waals surface area (Å²) in [7, 11) is 0. The zero-order valence-corrected chi connectivity index (χ0v) is 15.6. The number of likely N-dealkylation sites (tertiary alicyclic amines) is 1. The molecule has 0 aliphatic carbocycles. The van der Waals surface area contributed by atoms with Crippen LogP contribution in [0.5, 0.6) is 0 Å². The van der Waals surface area contributed by atoms with Crippen molar-refractivity contribution in [1.29, 1.82) is 0 Å². The molecule has 0 amide bonds. The lowest BCUT2D eigenvalue weighted by Gasteiger charge is -2.37. The van der Waals surface area contributed by atoms with Gasteiger partial charge in [0.15, 0.2) is 5.96 Å². The van der Waals surface area contributed by atoms with E-state index in [0.29, 0.717) is 5.92 Å². The molecular formula is C18H36N4O. The fourth-order valence-electron chi connectivity index (χ4n) is 3.79. The normalized spacial score (nSPS) is 28.7.